The molecule has 2 aliphatic heterocycles. The van der Waals surface area contributed by atoms with Gasteiger partial charge in [-0.3, -0.25) is 9.69 Å². The molecule has 1 aromatic rings. The maximum atomic E-state index is 12.0. The van der Waals surface area contributed by atoms with E-state index in [1.54, 1.807) is 0 Å². The zero-order chi connectivity index (χ0) is 16.1. The van der Waals surface area contributed by atoms with E-state index < -0.39 is 0 Å². The lowest BCUT2D eigenvalue weighted by molar-refractivity contribution is -0.131. The predicted molar refractivity (Wildman–Crippen MR) is 104 cm³/mol. The normalized spacial score (nSPS) is 22.4. The topological polar surface area (TPSA) is 67.6 Å². The van der Waals surface area contributed by atoms with Crippen molar-refractivity contribution in [2.45, 2.75) is 44.4 Å². The first-order valence-corrected chi connectivity index (χ1v) is 8.68. The molecule has 142 valence electrons. The molecule has 2 atom stereocenters. The van der Waals surface area contributed by atoms with Crippen molar-refractivity contribution in [3.05, 3.63) is 35.4 Å². The number of hydrogen-bond donors (Lipinski definition) is 2. The van der Waals surface area contributed by atoms with Crippen LogP contribution in [0.3, 0.4) is 0 Å². The molecule has 0 aromatic heterocycles. The van der Waals surface area contributed by atoms with Crippen molar-refractivity contribution in [3.8, 4) is 0 Å². The summed E-state index contributed by atoms with van der Waals surface area (Å²) in [5, 5.41) is 3.00. The lowest BCUT2D eigenvalue weighted by Gasteiger charge is -2.28. The van der Waals surface area contributed by atoms with Crippen LogP contribution in [0.1, 0.15) is 30.4 Å². The molecular weight excluding hydrogens is 361 g/mol. The van der Waals surface area contributed by atoms with Gasteiger partial charge in [-0.15, -0.1) is 24.8 Å². The van der Waals surface area contributed by atoms with Crippen LogP contribution in [0, 0.1) is 0 Å². The van der Waals surface area contributed by atoms with Gasteiger partial charge < -0.3 is 15.8 Å². The highest BCUT2D eigenvalue weighted by molar-refractivity contribution is 5.85. The number of amides is 1. The van der Waals surface area contributed by atoms with Gasteiger partial charge in [0.15, 0.2) is 0 Å². The van der Waals surface area contributed by atoms with Gasteiger partial charge in [0.25, 0.3) is 0 Å². The van der Waals surface area contributed by atoms with E-state index in [1.807, 2.05) is 0 Å². The van der Waals surface area contributed by atoms with Gasteiger partial charge in [-0.1, -0.05) is 24.3 Å². The SMILES string of the molecule is Cl.Cl.NC[C@H]1CC[C@@H](C(=O)NCCCN2CCc3ccccc3C2)O1. The summed E-state index contributed by atoms with van der Waals surface area (Å²) in [6, 6.07) is 8.67. The van der Waals surface area contributed by atoms with Gasteiger partial charge in [-0.25, -0.2) is 0 Å². The molecule has 3 rings (SSSR count). The minimum absolute atomic E-state index is 0. The Labute approximate surface area is 162 Å². The van der Waals surface area contributed by atoms with Crippen LogP contribution in [-0.2, 0) is 22.5 Å². The van der Waals surface area contributed by atoms with Gasteiger partial charge in [0.1, 0.15) is 6.10 Å². The highest BCUT2D eigenvalue weighted by Gasteiger charge is 2.29. The molecule has 1 saturated heterocycles. The van der Waals surface area contributed by atoms with E-state index in [4.69, 9.17) is 10.5 Å². The minimum atomic E-state index is -0.301. The van der Waals surface area contributed by atoms with E-state index in [1.165, 1.54) is 11.1 Å². The van der Waals surface area contributed by atoms with Crippen LogP contribution >= 0.6 is 24.8 Å². The van der Waals surface area contributed by atoms with Gasteiger partial charge in [-0.2, -0.15) is 0 Å². The number of carbonyl (C=O) groups is 1. The summed E-state index contributed by atoms with van der Waals surface area (Å²) >= 11 is 0. The first-order valence-electron chi connectivity index (χ1n) is 8.68. The van der Waals surface area contributed by atoms with Gasteiger partial charge in [0.05, 0.1) is 6.10 Å². The summed E-state index contributed by atoms with van der Waals surface area (Å²) in [7, 11) is 0. The Balaban J connectivity index is 0.00000156. The molecule has 0 aliphatic carbocycles. The molecule has 2 heterocycles. The molecule has 0 bridgehead atoms. The van der Waals surface area contributed by atoms with Crippen LogP contribution in [0.25, 0.3) is 0 Å². The van der Waals surface area contributed by atoms with Crippen LogP contribution < -0.4 is 11.1 Å². The molecular formula is C18H29Cl2N3O2. The zero-order valence-corrected chi connectivity index (χ0v) is 16.1. The molecule has 3 N–H and O–H groups in total. The highest BCUT2D eigenvalue weighted by Crippen LogP contribution is 2.19. The van der Waals surface area contributed by atoms with Crippen LogP contribution in [0.4, 0.5) is 0 Å². The standard InChI is InChI=1S/C18H27N3O2.2ClH/c19-12-16-6-7-17(23-16)18(22)20-9-3-10-21-11-8-14-4-1-2-5-15(14)13-21;;/h1-2,4-5,16-17H,3,6-13,19H2,(H,20,22);2*1H/t16-,17+;;/m1../s1. The molecule has 0 radical (unpaired) electrons. The van der Waals surface area contributed by atoms with Gasteiger partial charge >= 0.3 is 0 Å². The average molecular weight is 390 g/mol. The number of ether oxygens (including phenoxy) is 1. The van der Waals surface area contributed by atoms with E-state index in [0.29, 0.717) is 13.1 Å². The number of benzene rings is 1. The Morgan fingerprint density at radius 3 is 2.72 bits per heavy atom. The summed E-state index contributed by atoms with van der Waals surface area (Å²) in [5.74, 6) is 0.0185. The summed E-state index contributed by atoms with van der Waals surface area (Å²) in [6.07, 6.45) is 3.53. The molecule has 2 aliphatic rings. The van der Waals surface area contributed by atoms with Crippen LogP contribution in [0.2, 0.25) is 0 Å². The largest absolute Gasteiger partial charge is 0.364 e. The Morgan fingerprint density at radius 2 is 2.00 bits per heavy atom. The first kappa shape index (κ1) is 22.2. The van der Waals surface area contributed by atoms with Crippen molar-refractivity contribution in [1.82, 2.24) is 10.2 Å². The van der Waals surface area contributed by atoms with Crippen molar-refractivity contribution in [3.63, 3.8) is 0 Å². The predicted octanol–water partition coefficient (Wildman–Crippen LogP) is 1.90. The minimum Gasteiger partial charge on any atom is -0.364 e. The van der Waals surface area contributed by atoms with Crippen LogP contribution in [-0.4, -0.2) is 49.2 Å². The number of nitrogens with zero attached hydrogens (tertiary/aromatic N) is 1. The lowest BCUT2D eigenvalue weighted by Crippen LogP contribution is -2.38. The second-order valence-corrected chi connectivity index (χ2v) is 6.50. The van der Waals surface area contributed by atoms with E-state index in [2.05, 4.69) is 34.5 Å². The second kappa shape index (κ2) is 11.0. The van der Waals surface area contributed by atoms with Crippen LogP contribution in [0.15, 0.2) is 24.3 Å². The molecule has 1 amide bonds. The lowest BCUT2D eigenvalue weighted by atomic mass is 10.00. The maximum Gasteiger partial charge on any atom is 0.249 e. The fourth-order valence-corrected chi connectivity index (χ4v) is 3.45. The molecule has 25 heavy (non-hydrogen) atoms. The molecule has 0 saturated carbocycles. The van der Waals surface area contributed by atoms with Gasteiger partial charge in [0, 0.05) is 32.7 Å². The Kier molecular flexibility index (Phi) is 9.75. The fourth-order valence-electron chi connectivity index (χ4n) is 3.45. The number of hydrogen-bond acceptors (Lipinski definition) is 4. The Bertz CT molecular complexity index is 545. The van der Waals surface area contributed by atoms with Crippen molar-refractivity contribution < 1.29 is 9.53 Å². The maximum absolute atomic E-state index is 12.0. The number of carbonyl (C=O) groups excluding carboxylic acids is 1. The van der Waals surface area contributed by atoms with Crippen molar-refractivity contribution in [2.75, 3.05) is 26.2 Å². The Morgan fingerprint density at radius 1 is 1.24 bits per heavy atom. The molecule has 1 fully saturated rings. The second-order valence-electron chi connectivity index (χ2n) is 6.50. The number of nitrogens with two attached hydrogens (primary N) is 1. The number of halogens is 2. The smallest absolute Gasteiger partial charge is 0.249 e. The summed E-state index contributed by atoms with van der Waals surface area (Å²) in [6.45, 7) is 4.36. The molecule has 7 heteroatoms. The fraction of sp³-hybridized carbons (Fsp3) is 0.611. The third kappa shape index (κ3) is 6.12. The average Bonchev–Trinajstić information content (AvgIpc) is 3.07. The highest BCUT2D eigenvalue weighted by atomic mass is 35.5. The van der Waals surface area contributed by atoms with Gasteiger partial charge in [0.2, 0.25) is 5.91 Å². The third-order valence-corrected chi connectivity index (χ3v) is 4.82. The third-order valence-electron chi connectivity index (χ3n) is 4.82. The van der Waals surface area contributed by atoms with Crippen LogP contribution in [0.5, 0.6) is 0 Å². The van der Waals surface area contributed by atoms with Crippen molar-refractivity contribution in [2.24, 2.45) is 5.73 Å². The van der Waals surface area contributed by atoms with E-state index in [0.717, 1.165) is 45.3 Å². The summed E-state index contributed by atoms with van der Waals surface area (Å²) in [4.78, 5) is 14.5. The van der Waals surface area contributed by atoms with Crippen molar-refractivity contribution >= 4 is 30.7 Å². The number of rotatable bonds is 6. The van der Waals surface area contributed by atoms with E-state index in [-0.39, 0.29) is 42.9 Å². The monoisotopic (exact) mass is 389 g/mol. The summed E-state index contributed by atoms with van der Waals surface area (Å²) < 4.78 is 5.61. The number of nitrogens with one attached hydrogen (secondary N) is 1. The number of fused-ring (bicyclic) bond motifs is 1. The van der Waals surface area contributed by atoms with Gasteiger partial charge in [-0.05, 0) is 36.8 Å². The zero-order valence-electron chi connectivity index (χ0n) is 14.5. The molecule has 5 nitrogen and oxygen atoms in total. The summed E-state index contributed by atoms with van der Waals surface area (Å²) in [5.41, 5.74) is 8.49. The molecule has 0 unspecified atom stereocenters. The van der Waals surface area contributed by atoms with E-state index >= 15 is 0 Å². The Hall–Kier alpha value is -0.850. The molecule has 0 spiro atoms. The first-order chi connectivity index (χ1) is 11.3. The van der Waals surface area contributed by atoms with E-state index in [9.17, 15) is 4.79 Å². The molecule has 1 aromatic carbocycles. The van der Waals surface area contributed by atoms with Crippen molar-refractivity contribution in [1.29, 1.82) is 0 Å². The quantitative estimate of drug-likeness (QED) is 0.729.